The minimum atomic E-state index is -0.439. The summed E-state index contributed by atoms with van der Waals surface area (Å²) >= 11 is 8.24. The zero-order chi connectivity index (χ0) is 13.1. The van der Waals surface area contributed by atoms with Crippen LogP contribution in [-0.2, 0) is 0 Å². The fourth-order valence-corrected chi connectivity index (χ4v) is 2.36. The topological polar surface area (TPSA) is 35.8 Å². The van der Waals surface area contributed by atoms with Crippen LogP contribution < -0.4 is 5.32 Å². The second-order valence-electron chi connectivity index (χ2n) is 3.55. The number of hydrogen-bond acceptors (Lipinski definition) is 2. The fourth-order valence-electron chi connectivity index (χ4n) is 1.45. The average Bonchev–Trinajstić information content (AvgIpc) is 2.34. The van der Waals surface area contributed by atoms with E-state index in [0.717, 1.165) is 3.57 Å². The zero-order valence-electron chi connectivity index (χ0n) is 9.05. The van der Waals surface area contributed by atoms with E-state index in [-0.39, 0.29) is 5.56 Å². The Morgan fingerprint density at radius 3 is 2.56 bits per heavy atom. The van der Waals surface area contributed by atoms with Crippen molar-refractivity contribution in [1.29, 1.82) is 5.26 Å². The highest BCUT2D eigenvalue weighted by Crippen LogP contribution is 2.28. The second kappa shape index (κ2) is 5.55. The van der Waals surface area contributed by atoms with Crippen molar-refractivity contribution in [2.24, 2.45) is 0 Å². The van der Waals surface area contributed by atoms with Crippen LogP contribution in [0.2, 0.25) is 5.02 Å². The van der Waals surface area contributed by atoms with E-state index >= 15 is 0 Å². The van der Waals surface area contributed by atoms with Gasteiger partial charge in [0.25, 0.3) is 0 Å². The molecule has 0 atom stereocenters. The van der Waals surface area contributed by atoms with Crippen molar-refractivity contribution in [3.63, 3.8) is 0 Å². The summed E-state index contributed by atoms with van der Waals surface area (Å²) in [6.07, 6.45) is 0. The molecule has 2 aromatic rings. The molecule has 0 bridgehead atoms. The summed E-state index contributed by atoms with van der Waals surface area (Å²) in [7, 11) is 0. The second-order valence-corrected chi connectivity index (χ2v) is 5.20. The van der Waals surface area contributed by atoms with Crippen LogP contribution >= 0.6 is 34.2 Å². The number of nitrogens with one attached hydrogen (secondary N) is 1. The van der Waals surface area contributed by atoms with Crippen LogP contribution in [0.3, 0.4) is 0 Å². The van der Waals surface area contributed by atoms with E-state index in [9.17, 15) is 4.39 Å². The first-order valence-electron chi connectivity index (χ1n) is 5.02. The molecule has 0 fully saturated rings. The van der Waals surface area contributed by atoms with Crippen molar-refractivity contribution in [1.82, 2.24) is 0 Å². The number of halogens is 3. The molecule has 90 valence electrons. The molecule has 0 aliphatic heterocycles. The van der Waals surface area contributed by atoms with Gasteiger partial charge in [0.05, 0.1) is 22.0 Å². The third-order valence-corrected chi connectivity index (χ3v) is 3.29. The number of hydrogen-bond donors (Lipinski definition) is 1. The fraction of sp³-hybridized carbons (Fsp3) is 0. The van der Waals surface area contributed by atoms with Crippen LogP contribution in [0, 0.1) is 20.7 Å². The molecule has 2 rings (SSSR count). The number of anilines is 2. The van der Waals surface area contributed by atoms with E-state index < -0.39 is 5.82 Å². The summed E-state index contributed by atoms with van der Waals surface area (Å²) in [6.45, 7) is 0. The standard InChI is InChI=1S/C13H7ClFIN2/c14-11-6-10(16)2-4-13(11)18-12-3-1-9(15)5-8(12)7-17/h1-6,18H. The van der Waals surface area contributed by atoms with E-state index in [4.69, 9.17) is 16.9 Å². The predicted octanol–water partition coefficient (Wildman–Crippen LogP) is 4.70. The highest BCUT2D eigenvalue weighted by Gasteiger charge is 2.06. The summed E-state index contributed by atoms with van der Waals surface area (Å²) in [4.78, 5) is 0. The van der Waals surface area contributed by atoms with Gasteiger partial charge in [0.1, 0.15) is 11.9 Å². The summed E-state index contributed by atoms with van der Waals surface area (Å²) in [6, 6.07) is 11.4. The van der Waals surface area contributed by atoms with E-state index in [1.807, 2.05) is 18.2 Å². The maximum Gasteiger partial charge on any atom is 0.124 e. The molecule has 0 aliphatic rings. The van der Waals surface area contributed by atoms with Gasteiger partial charge in [-0.1, -0.05) is 11.6 Å². The average molecular weight is 373 g/mol. The third-order valence-electron chi connectivity index (χ3n) is 2.30. The van der Waals surface area contributed by atoms with Gasteiger partial charge in [-0.3, -0.25) is 0 Å². The van der Waals surface area contributed by atoms with Crippen LogP contribution in [-0.4, -0.2) is 0 Å². The summed E-state index contributed by atoms with van der Waals surface area (Å²) < 4.78 is 14.0. The monoisotopic (exact) mass is 372 g/mol. The normalized spacial score (nSPS) is 9.89. The van der Waals surface area contributed by atoms with Gasteiger partial charge in [-0.2, -0.15) is 5.26 Å². The smallest absolute Gasteiger partial charge is 0.124 e. The van der Waals surface area contributed by atoms with Crippen LogP contribution in [0.1, 0.15) is 5.56 Å². The Balaban J connectivity index is 2.37. The molecule has 2 aromatic carbocycles. The number of rotatable bonds is 2. The van der Waals surface area contributed by atoms with E-state index in [1.54, 1.807) is 6.07 Å². The Morgan fingerprint density at radius 1 is 1.17 bits per heavy atom. The first-order chi connectivity index (χ1) is 8.60. The molecule has 0 saturated carbocycles. The van der Waals surface area contributed by atoms with Crippen molar-refractivity contribution in [2.45, 2.75) is 0 Å². The molecule has 0 unspecified atom stereocenters. The van der Waals surface area contributed by atoms with Gasteiger partial charge in [0, 0.05) is 3.57 Å². The minimum Gasteiger partial charge on any atom is -0.353 e. The molecule has 0 radical (unpaired) electrons. The first-order valence-corrected chi connectivity index (χ1v) is 6.47. The summed E-state index contributed by atoms with van der Waals surface area (Å²) in [5.41, 5.74) is 1.45. The molecule has 0 aliphatic carbocycles. The van der Waals surface area contributed by atoms with Crippen LogP contribution in [0.4, 0.5) is 15.8 Å². The van der Waals surface area contributed by atoms with E-state index in [1.165, 1.54) is 18.2 Å². The Morgan fingerprint density at radius 2 is 1.89 bits per heavy atom. The largest absolute Gasteiger partial charge is 0.353 e. The van der Waals surface area contributed by atoms with Crippen molar-refractivity contribution in [3.8, 4) is 6.07 Å². The third kappa shape index (κ3) is 2.92. The molecule has 0 amide bonds. The van der Waals surface area contributed by atoms with E-state index in [0.29, 0.717) is 16.4 Å². The van der Waals surface area contributed by atoms with Gasteiger partial charge in [0.15, 0.2) is 0 Å². The highest BCUT2D eigenvalue weighted by molar-refractivity contribution is 14.1. The first kappa shape index (κ1) is 13.1. The van der Waals surface area contributed by atoms with Gasteiger partial charge < -0.3 is 5.32 Å². The number of benzene rings is 2. The van der Waals surface area contributed by atoms with Gasteiger partial charge in [-0.25, -0.2) is 4.39 Å². The SMILES string of the molecule is N#Cc1cc(F)ccc1Nc1ccc(I)cc1Cl. The lowest BCUT2D eigenvalue weighted by Crippen LogP contribution is -1.95. The molecule has 0 spiro atoms. The molecular formula is C13H7ClFIN2. The molecule has 5 heteroatoms. The van der Waals surface area contributed by atoms with E-state index in [2.05, 4.69) is 27.9 Å². The van der Waals surface area contributed by atoms with Crippen LogP contribution in [0.25, 0.3) is 0 Å². The molecule has 0 heterocycles. The molecule has 1 N–H and O–H groups in total. The van der Waals surface area contributed by atoms with Crippen molar-refractivity contribution < 1.29 is 4.39 Å². The Kier molecular flexibility index (Phi) is 4.04. The molecule has 0 saturated heterocycles. The lowest BCUT2D eigenvalue weighted by atomic mass is 10.2. The number of nitrogens with zero attached hydrogens (tertiary/aromatic N) is 1. The Bertz CT molecular complexity index is 637. The van der Waals surface area contributed by atoms with Crippen molar-refractivity contribution in [2.75, 3.05) is 5.32 Å². The molecular weight excluding hydrogens is 366 g/mol. The van der Waals surface area contributed by atoms with Gasteiger partial charge in [-0.05, 0) is 59.0 Å². The maximum atomic E-state index is 13.0. The lowest BCUT2D eigenvalue weighted by Gasteiger charge is -2.10. The Labute approximate surface area is 123 Å². The quantitative estimate of drug-likeness (QED) is 0.776. The Hall–Kier alpha value is -1.32. The van der Waals surface area contributed by atoms with Gasteiger partial charge in [-0.15, -0.1) is 0 Å². The van der Waals surface area contributed by atoms with Crippen molar-refractivity contribution in [3.05, 3.63) is 56.4 Å². The zero-order valence-corrected chi connectivity index (χ0v) is 12.0. The van der Waals surface area contributed by atoms with Crippen molar-refractivity contribution >= 4 is 45.6 Å². The predicted molar refractivity (Wildman–Crippen MR) is 78.6 cm³/mol. The van der Waals surface area contributed by atoms with Gasteiger partial charge >= 0.3 is 0 Å². The summed E-state index contributed by atoms with van der Waals surface area (Å²) in [5.74, 6) is -0.439. The summed E-state index contributed by atoms with van der Waals surface area (Å²) in [5, 5.41) is 12.5. The highest BCUT2D eigenvalue weighted by atomic mass is 127. The molecule has 2 nitrogen and oxygen atoms in total. The number of nitriles is 1. The van der Waals surface area contributed by atoms with Gasteiger partial charge in [0.2, 0.25) is 0 Å². The van der Waals surface area contributed by atoms with Crippen LogP contribution in [0.5, 0.6) is 0 Å². The molecule has 18 heavy (non-hydrogen) atoms. The minimum absolute atomic E-state index is 0.240. The van der Waals surface area contributed by atoms with Crippen LogP contribution in [0.15, 0.2) is 36.4 Å². The maximum absolute atomic E-state index is 13.0. The molecule has 0 aromatic heterocycles. The lowest BCUT2D eigenvalue weighted by molar-refractivity contribution is 0.627.